The second-order valence-electron chi connectivity index (χ2n) is 4.63. The summed E-state index contributed by atoms with van der Waals surface area (Å²) in [5.41, 5.74) is 6.11. The van der Waals surface area contributed by atoms with Crippen molar-refractivity contribution >= 4 is 11.6 Å². The number of likely N-dealkylation sites (tertiary alicyclic amines) is 1. The van der Waals surface area contributed by atoms with Crippen LogP contribution in [0.1, 0.15) is 12.8 Å². The van der Waals surface area contributed by atoms with E-state index < -0.39 is 18.4 Å². The Morgan fingerprint density at radius 2 is 2.05 bits per heavy atom. The van der Waals surface area contributed by atoms with Crippen LogP contribution in [0.4, 0.5) is 14.5 Å². The van der Waals surface area contributed by atoms with E-state index in [1.807, 2.05) is 0 Å². The maximum atomic E-state index is 13.2. The minimum Gasteiger partial charge on any atom is -0.484 e. The van der Waals surface area contributed by atoms with Crippen LogP contribution in [-0.2, 0) is 4.79 Å². The second-order valence-corrected chi connectivity index (χ2v) is 4.63. The number of carbonyl (C=O) groups is 1. The predicted molar refractivity (Wildman–Crippen MR) is 67.1 cm³/mol. The third-order valence-corrected chi connectivity index (χ3v) is 2.99. The van der Waals surface area contributed by atoms with Crippen molar-refractivity contribution in [3.8, 4) is 5.75 Å². The molecule has 1 aliphatic rings. The van der Waals surface area contributed by atoms with E-state index >= 15 is 0 Å². The molecule has 104 valence electrons. The number of nitrogens with two attached hydrogens (primary N) is 1. The number of nitrogens with zero attached hydrogens (tertiary/aromatic N) is 1. The van der Waals surface area contributed by atoms with Crippen LogP contribution in [0, 0.1) is 0 Å². The van der Waals surface area contributed by atoms with Gasteiger partial charge in [0.1, 0.15) is 5.75 Å². The molecule has 0 aromatic heterocycles. The third-order valence-electron chi connectivity index (χ3n) is 2.99. The number of halogens is 2. The molecule has 1 aromatic rings. The molecule has 1 aromatic carbocycles. The van der Waals surface area contributed by atoms with Gasteiger partial charge in [0.2, 0.25) is 0 Å². The molecule has 1 fully saturated rings. The van der Waals surface area contributed by atoms with Crippen molar-refractivity contribution < 1.29 is 18.3 Å². The Morgan fingerprint density at radius 3 is 2.68 bits per heavy atom. The number of piperidine rings is 1. The van der Waals surface area contributed by atoms with Gasteiger partial charge in [-0.2, -0.15) is 0 Å². The number of alkyl halides is 2. The molecular weight excluding hydrogens is 254 g/mol. The van der Waals surface area contributed by atoms with E-state index in [0.717, 1.165) is 4.90 Å². The molecule has 1 saturated heterocycles. The predicted octanol–water partition coefficient (Wildman–Crippen LogP) is 1.91. The van der Waals surface area contributed by atoms with Crippen LogP contribution in [0.15, 0.2) is 24.3 Å². The van der Waals surface area contributed by atoms with E-state index in [2.05, 4.69) is 0 Å². The first-order valence-electron chi connectivity index (χ1n) is 6.10. The smallest absolute Gasteiger partial charge is 0.265 e. The fraction of sp³-hybridized carbons (Fsp3) is 0.462. The summed E-state index contributed by atoms with van der Waals surface area (Å²) in [4.78, 5) is 12.9. The lowest BCUT2D eigenvalue weighted by Crippen LogP contribution is -2.47. The average molecular weight is 270 g/mol. The van der Waals surface area contributed by atoms with E-state index in [9.17, 15) is 13.6 Å². The van der Waals surface area contributed by atoms with Crippen LogP contribution in [-0.4, -0.2) is 36.4 Å². The first kappa shape index (κ1) is 13.6. The number of anilines is 1. The van der Waals surface area contributed by atoms with Gasteiger partial charge >= 0.3 is 0 Å². The molecule has 1 amide bonds. The zero-order chi connectivity index (χ0) is 13.9. The molecule has 2 rings (SSSR count). The molecule has 0 bridgehead atoms. The number of carbonyl (C=O) groups excluding carboxylic acids is 1. The molecule has 4 nitrogen and oxygen atoms in total. The van der Waals surface area contributed by atoms with Crippen LogP contribution >= 0.6 is 0 Å². The number of rotatable bonds is 3. The number of ether oxygens (including phenoxy) is 1. The Bertz CT molecular complexity index is 448. The summed E-state index contributed by atoms with van der Waals surface area (Å²) in [6, 6.07) is 6.56. The SMILES string of the molecule is Nc1ccc(OCC(=O)N2CCCC(F)(F)C2)cc1. The summed E-state index contributed by atoms with van der Waals surface area (Å²) >= 11 is 0. The molecule has 0 saturated carbocycles. The molecule has 0 radical (unpaired) electrons. The molecule has 0 unspecified atom stereocenters. The van der Waals surface area contributed by atoms with Crippen molar-refractivity contribution in [2.24, 2.45) is 0 Å². The molecule has 1 heterocycles. The number of amides is 1. The number of benzene rings is 1. The van der Waals surface area contributed by atoms with Crippen LogP contribution in [0.3, 0.4) is 0 Å². The number of nitrogen functional groups attached to an aromatic ring is 1. The summed E-state index contributed by atoms with van der Waals surface area (Å²) < 4.78 is 31.6. The van der Waals surface area contributed by atoms with Gasteiger partial charge in [0.05, 0.1) is 6.54 Å². The van der Waals surface area contributed by atoms with Gasteiger partial charge < -0.3 is 15.4 Å². The molecule has 2 N–H and O–H groups in total. The Balaban J connectivity index is 1.85. The fourth-order valence-electron chi connectivity index (χ4n) is 1.98. The highest BCUT2D eigenvalue weighted by atomic mass is 19.3. The zero-order valence-electron chi connectivity index (χ0n) is 10.4. The monoisotopic (exact) mass is 270 g/mol. The molecule has 6 heteroatoms. The zero-order valence-corrected chi connectivity index (χ0v) is 10.4. The maximum absolute atomic E-state index is 13.2. The summed E-state index contributed by atoms with van der Waals surface area (Å²) in [6.45, 7) is -0.392. The summed E-state index contributed by atoms with van der Waals surface area (Å²) in [7, 11) is 0. The molecule has 1 aliphatic heterocycles. The molecule has 0 atom stereocenters. The van der Waals surface area contributed by atoms with E-state index in [4.69, 9.17) is 10.5 Å². The summed E-state index contributed by atoms with van der Waals surface area (Å²) in [5, 5.41) is 0. The van der Waals surface area contributed by atoms with Crippen LogP contribution in [0.5, 0.6) is 5.75 Å². The lowest BCUT2D eigenvalue weighted by Gasteiger charge is -2.32. The van der Waals surface area contributed by atoms with Gasteiger partial charge in [-0.15, -0.1) is 0 Å². The van der Waals surface area contributed by atoms with E-state index in [1.54, 1.807) is 24.3 Å². The number of hydrogen-bond donors (Lipinski definition) is 1. The van der Waals surface area contributed by atoms with Crippen molar-refractivity contribution in [1.29, 1.82) is 0 Å². The highest BCUT2D eigenvalue weighted by Crippen LogP contribution is 2.26. The van der Waals surface area contributed by atoms with Gasteiger partial charge in [-0.05, 0) is 30.7 Å². The average Bonchev–Trinajstić information content (AvgIpc) is 2.36. The van der Waals surface area contributed by atoms with Crippen molar-refractivity contribution in [3.05, 3.63) is 24.3 Å². The van der Waals surface area contributed by atoms with Gasteiger partial charge in [-0.1, -0.05) is 0 Å². The fourth-order valence-corrected chi connectivity index (χ4v) is 1.98. The standard InChI is InChI=1S/C13H16F2N2O2/c14-13(15)6-1-7-17(9-13)12(18)8-19-11-4-2-10(16)3-5-11/h2-5H,1,6-9,16H2. The van der Waals surface area contributed by atoms with E-state index in [-0.39, 0.29) is 13.0 Å². The molecule has 19 heavy (non-hydrogen) atoms. The Labute approximate surface area is 110 Å². The minimum absolute atomic E-state index is 0.157. The molecular formula is C13H16F2N2O2. The normalized spacial score (nSPS) is 18.1. The van der Waals surface area contributed by atoms with Gasteiger partial charge in [-0.3, -0.25) is 4.79 Å². The summed E-state index contributed by atoms with van der Waals surface area (Å²) in [6.07, 6.45) is 0.163. The lowest BCUT2D eigenvalue weighted by atomic mass is 10.1. The summed E-state index contributed by atoms with van der Waals surface area (Å²) in [5.74, 6) is -2.71. The largest absolute Gasteiger partial charge is 0.484 e. The van der Waals surface area contributed by atoms with Crippen LogP contribution < -0.4 is 10.5 Å². The molecule has 0 aliphatic carbocycles. The van der Waals surface area contributed by atoms with Crippen LogP contribution in [0.25, 0.3) is 0 Å². The maximum Gasteiger partial charge on any atom is 0.265 e. The van der Waals surface area contributed by atoms with Crippen molar-refractivity contribution in [3.63, 3.8) is 0 Å². The van der Waals surface area contributed by atoms with E-state index in [0.29, 0.717) is 24.4 Å². The topological polar surface area (TPSA) is 55.6 Å². The van der Waals surface area contributed by atoms with Crippen molar-refractivity contribution in [2.45, 2.75) is 18.8 Å². The lowest BCUT2D eigenvalue weighted by molar-refractivity contribution is -0.143. The first-order chi connectivity index (χ1) is 8.96. The third kappa shape index (κ3) is 3.81. The highest BCUT2D eigenvalue weighted by Gasteiger charge is 2.36. The van der Waals surface area contributed by atoms with Gasteiger partial charge in [0, 0.05) is 18.7 Å². The highest BCUT2D eigenvalue weighted by molar-refractivity contribution is 5.78. The van der Waals surface area contributed by atoms with Gasteiger partial charge in [0.25, 0.3) is 11.8 Å². The Hall–Kier alpha value is -1.85. The Morgan fingerprint density at radius 1 is 1.37 bits per heavy atom. The van der Waals surface area contributed by atoms with Crippen molar-refractivity contribution in [2.75, 3.05) is 25.4 Å². The first-order valence-corrected chi connectivity index (χ1v) is 6.10. The second kappa shape index (κ2) is 5.42. The molecule has 0 spiro atoms. The van der Waals surface area contributed by atoms with Crippen LogP contribution in [0.2, 0.25) is 0 Å². The van der Waals surface area contributed by atoms with Gasteiger partial charge in [0.15, 0.2) is 6.61 Å². The minimum atomic E-state index is -2.78. The quantitative estimate of drug-likeness (QED) is 0.853. The number of hydrogen-bond acceptors (Lipinski definition) is 3. The van der Waals surface area contributed by atoms with Gasteiger partial charge in [-0.25, -0.2) is 8.78 Å². The van der Waals surface area contributed by atoms with E-state index in [1.165, 1.54) is 0 Å². The Kier molecular flexibility index (Phi) is 3.87. The van der Waals surface area contributed by atoms with Crippen molar-refractivity contribution in [1.82, 2.24) is 4.90 Å².